The number of hydrogen-bond acceptors (Lipinski definition) is 9. The minimum Gasteiger partial charge on any atom is -0.480 e. The highest BCUT2D eigenvalue weighted by Gasteiger charge is 2.14. The SMILES string of the molecule is CCCNC(CCO)C(=O)O.NC(CS)C(=O)O.NCCCCC(N)C(=O)O. The van der Waals surface area contributed by atoms with E-state index in [2.05, 4.69) is 17.9 Å². The first-order chi connectivity index (χ1) is 13.1. The molecular weight excluding hydrogens is 392 g/mol. The van der Waals surface area contributed by atoms with Crippen LogP contribution in [0.2, 0.25) is 0 Å². The molecule has 0 bridgehead atoms. The van der Waals surface area contributed by atoms with E-state index in [1.54, 1.807) is 0 Å². The Morgan fingerprint density at radius 1 is 0.964 bits per heavy atom. The maximum atomic E-state index is 10.4. The zero-order chi connectivity index (χ0) is 22.5. The van der Waals surface area contributed by atoms with Gasteiger partial charge in [0.1, 0.15) is 18.1 Å². The minimum atomic E-state index is -1.00. The van der Waals surface area contributed by atoms with Gasteiger partial charge in [-0.3, -0.25) is 14.4 Å². The number of nitrogens with one attached hydrogen (secondary N) is 1. The Bertz CT molecular complexity index is 416. The van der Waals surface area contributed by atoms with Crippen molar-refractivity contribution in [1.82, 2.24) is 5.32 Å². The Labute approximate surface area is 171 Å². The molecule has 168 valence electrons. The first kappa shape index (κ1) is 31.3. The number of aliphatic hydroxyl groups excluding tert-OH is 1. The van der Waals surface area contributed by atoms with Crippen LogP contribution in [0.25, 0.3) is 0 Å². The second-order valence-corrected chi connectivity index (χ2v) is 6.08. The second kappa shape index (κ2) is 21.9. The molecule has 0 aromatic carbocycles. The van der Waals surface area contributed by atoms with Gasteiger partial charge in [0, 0.05) is 12.4 Å². The number of aliphatic hydroxyl groups is 1. The monoisotopic (exact) mass is 428 g/mol. The summed E-state index contributed by atoms with van der Waals surface area (Å²) < 4.78 is 0. The molecule has 0 heterocycles. The van der Waals surface area contributed by atoms with Gasteiger partial charge in [0.15, 0.2) is 0 Å². The predicted octanol–water partition coefficient (Wildman–Crippen LogP) is -1.32. The van der Waals surface area contributed by atoms with Crippen LogP contribution in [0.5, 0.6) is 0 Å². The van der Waals surface area contributed by atoms with Gasteiger partial charge >= 0.3 is 17.9 Å². The standard InChI is InChI=1S/C7H15NO3.C6H14N2O2.C3H7NO2S/c1-2-4-8-6(3-5-9)7(10)11;7-4-2-1-3-5(8)6(9)10;4-2(1-7)3(5)6/h6,8-9H,2-5H2,1H3,(H,10,11);5H,1-4,7-8H2,(H,9,10);2,7H,1,4H2,(H,5,6). The van der Waals surface area contributed by atoms with Crippen LogP contribution < -0.4 is 22.5 Å². The van der Waals surface area contributed by atoms with E-state index in [0.29, 0.717) is 19.5 Å². The summed E-state index contributed by atoms with van der Waals surface area (Å²) in [6, 6.07) is -2.13. The number of rotatable bonds is 13. The number of carboxylic acid groups (broad SMARTS) is 3. The van der Waals surface area contributed by atoms with E-state index in [0.717, 1.165) is 19.3 Å². The number of carbonyl (C=O) groups is 3. The molecule has 11 nitrogen and oxygen atoms in total. The summed E-state index contributed by atoms with van der Waals surface area (Å²) in [6.45, 7) is 3.15. The first-order valence-electron chi connectivity index (χ1n) is 8.93. The van der Waals surface area contributed by atoms with Gasteiger partial charge in [-0.2, -0.15) is 12.6 Å². The van der Waals surface area contributed by atoms with Crippen molar-refractivity contribution in [2.75, 3.05) is 25.4 Å². The molecule has 0 aliphatic heterocycles. The maximum absolute atomic E-state index is 10.4. The van der Waals surface area contributed by atoms with Crippen molar-refractivity contribution in [2.24, 2.45) is 17.2 Å². The number of thiol groups is 1. The third-order valence-corrected chi connectivity index (χ3v) is 3.55. The fourth-order valence-corrected chi connectivity index (χ4v) is 1.63. The van der Waals surface area contributed by atoms with Crippen LogP contribution in [-0.4, -0.2) is 81.9 Å². The van der Waals surface area contributed by atoms with Crippen molar-refractivity contribution < 1.29 is 34.8 Å². The lowest BCUT2D eigenvalue weighted by molar-refractivity contribution is -0.140. The van der Waals surface area contributed by atoms with Crippen LogP contribution in [0.4, 0.5) is 0 Å². The smallest absolute Gasteiger partial charge is 0.321 e. The Hall–Kier alpha value is -1.44. The summed E-state index contributed by atoms with van der Waals surface area (Å²) in [5, 5.41) is 36.2. The number of aliphatic carboxylic acids is 3. The normalized spacial score (nSPS) is 13.1. The van der Waals surface area contributed by atoms with E-state index in [-0.39, 0.29) is 18.8 Å². The molecule has 0 fully saturated rings. The lowest BCUT2D eigenvalue weighted by Crippen LogP contribution is -2.37. The molecule has 3 atom stereocenters. The molecule has 0 aliphatic carbocycles. The molecule has 0 aromatic rings. The first-order valence-corrected chi connectivity index (χ1v) is 9.56. The van der Waals surface area contributed by atoms with E-state index in [1.807, 2.05) is 6.92 Å². The average molecular weight is 429 g/mol. The van der Waals surface area contributed by atoms with Crippen LogP contribution in [0.1, 0.15) is 39.0 Å². The molecule has 3 unspecified atom stereocenters. The van der Waals surface area contributed by atoms with Crippen molar-refractivity contribution >= 4 is 30.5 Å². The number of hydrogen-bond donors (Lipinski definition) is 9. The highest BCUT2D eigenvalue weighted by molar-refractivity contribution is 7.80. The molecule has 0 aliphatic rings. The highest BCUT2D eigenvalue weighted by atomic mass is 32.1. The lowest BCUT2D eigenvalue weighted by atomic mass is 10.1. The van der Waals surface area contributed by atoms with E-state index in [4.69, 9.17) is 37.6 Å². The van der Waals surface area contributed by atoms with Gasteiger partial charge in [-0.05, 0) is 38.8 Å². The van der Waals surface area contributed by atoms with Crippen molar-refractivity contribution in [3.8, 4) is 0 Å². The third-order valence-electron chi connectivity index (χ3n) is 3.16. The molecule has 0 rings (SSSR count). The van der Waals surface area contributed by atoms with E-state index in [9.17, 15) is 14.4 Å². The Balaban J connectivity index is -0.000000343. The number of nitrogens with two attached hydrogens (primary N) is 3. The molecule has 0 saturated heterocycles. The van der Waals surface area contributed by atoms with Crippen molar-refractivity contribution in [3.05, 3.63) is 0 Å². The molecular formula is C16H36N4O7S. The van der Waals surface area contributed by atoms with Crippen LogP contribution >= 0.6 is 12.6 Å². The van der Waals surface area contributed by atoms with Gasteiger partial charge < -0.3 is 42.9 Å². The fraction of sp³-hybridized carbons (Fsp3) is 0.812. The van der Waals surface area contributed by atoms with Crippen molar-refractivity contribution in [3.63, 3.8) is 0 Å². The van der Waals surface area contributed by atoms with Gasteiger partial charge in [-0.1, -0.05) is 13.3 Å². The molecule has 0 amide bonds. The maximum Gasteiger partial charge on any atom is 0.321 e. The second-order valence-electron chi connectivity index (χ2n) is 5.71. The van der Waals surface area contributed by atoms with E-state index >= 15 is 0 Å². The topological polar surface area (TPSA) is 222 Å². The summed E-state index contributed by atoms with van der Waals surface area (Å²) in [7, 11) is 0. The number of carboxylic acids is 3. The summed E-state index contributed by atoms with van der Waals surface area (Å²) in [5.41, 5.74) is 15.4. The van der Waals surface area contributed by atoms with Crippen LogP contribution in [0.3, 0.4) is 0 Å². The van der Waals surface area contributed by atoms with Gasteiger partial charge in [0.25, 0.3) is 0 Å². The Morgan fingerprint density at radius 3 is 1.79 bits per heavy atom. The Morgan fingerprint density at radius 2 is 1.50 bits per heavy atom. The molecule has 12 heteroatoms. The van der Waals surface area contributed by atoms with Crippen molar-refractivity contribution in [1.29, 1.82) is 0 Å². The summed E-state index contributed by atoms with van der Waals surface area (Å²) >= 11 is 3.65. The van der Waals surface area contributed by atoms with Crippen LogP contribution in [-0.2, 0) is 14.4 Å². The Kier molecular flexibility index (Phi) is 24.4. The molecule has 0 radical (unpaired) electrons. The molecule has 11 N–H and O–H groups in total. The molecule has 0 spiro atoms. The zero-order valence-electron chi connectivity index (χ0n) is 16.3. The zero-order valence-corrected chi connectivity index (χ0v) is 17.2. The molecule has 28 heavy (non-hydrogen) atoms. The fourth-order valence-electron chi connectivity index (χ4n) is 1.47. The lowest BCUT2D eigenvalue weighted by Gasteiger charge is -2.11. The molecule has 0 aromatic heterocycles. The largest absolute Gasteiger partial charge is 0.480 e. The van der Waals surface area contributed by atoms with Crippen molar-refractivity contribution in [2.45, 2.75) is 57.2 Å². The summed E-state index contributed by atoms with van der Waals surface area (Å²) in [4.78, 5) is 30.3. The van der Waals surface area contributed by atoms with Gasteiger partial charge in [0.2, 0.25) is 0 Å². The minimum absolute atomic E-state index is 0.0896. The predicted molar refractivity (Wildman–Crippen MR) is 109 cm³/mol. The van der Waals surface area contributed by atoms with Gasteiger partial charge in [-0.15, -0.1) is 0 Å². The van der Waals surface area contributed by atoms with E-state index < -0.39 is 36.0 Å². The highest BCUT2D eigenvalue weighted by Crippen LogP contribution is 1.97. The van der Waals surface area contributed by atoms with Crippen LogP contribution in [0, 0.1) is 0 Å². The summed E-state index contributed by atoms with van der Waals surface area (Å²) in [6.07, 6.45) is 3.34. The molecule has 0 saturated carbocycles. The van der Waals surface area contributed by atoms with Gasteiger partial charge in [0.05, 0.1) is 0 Å². The number of unbranched alkanes of at least 4 members (excludes halogenated alkanes) is 1. The third kappa shape index (κ3) is 22.6. The van der Waals surface area contributed by atoms with Gasteiger partial charge in [-0.25, -0.2) is 0 Å². The quantitative estimate of drug-likeness (QED) is 0.123. The van der Waals surface area contributed by atoms with E-state index in [1.165, 1.54) is 0 Å². The van der Waals surface area contributed by atoms with Crippen LogP contribution in [0.15, 0.2) is 0 Å². The average Bonchev–Trinajstić information content (AvgIpc) is 2.65. The summed E-state index contributed by atoms with van der Waals surface area (Å²) in [5.74, 6) is -2.64.